The van der Waals surface area contributed by atoms with Gasteiger partial charge in [0.1, 0.15) is 5.78 Å². The maximum absolute atomic E-state index is 12.1. The summed E-state index contributed by atoms with van der Waals surface area (Å²) in [6, 6.07) is 6.29. The maximum Gasteiger partial charge on any atom is 0.141 e. The van der Waals surface area contributed by atoms with Gasteiger partial charge >= 0.3 is 0 Å². The second-order valence-electron chi connectivity index (χ2n) is 8.12. The minimum absolute atomic E-state index is 0.269. The summed E-state index contributed by atoms with van der Waals surface area (Å²) in [6.45, 7) is 5.12. The Bertz CT molecular complexity index is 1040. The molecule has 3 aromatic heterocycles. The zero-order valence-electron chi connectivity index (χ0n) is 16.5. The molecule has 1 aliphatic heterocycles. The van der Waals surface area contributed by atoms with E-state index in [1.807, 2.05) is 30.9 Å². The number of piperazine rings is 1. The van der Waals surface area contributed by atoms with Crippen molar-refractivity contribution in [1.29, 1.82) is 0 Å². The normalized spacial score (nSPS) is 17.5. The fourth-order valence-electron chi connectivity index (χ4n) is 3.91. The number of ketones is 1. The number of hydrogen-bond acceptors (Lipinski definition) is 6. The van der Waals surface area contributed by atoms with Crippen LogP contribution in [0.2, 0.25) is 0 Å². The SMILES string of the molecule is O=C(Cc1cc2cc(-c3cncc(CN4CCNCC4)c3)ncc2cn1)C1CC1. The average molecular weight is 387 g/mol. The van der Waals surface area contributed by atoms with Crippen LogP contribution in [-0.4, -0.2) is 51.8 Å². The standard InChI is InChI=1S/C23H25N5O/c29-23(17-1-2-17)10-21-8-18-9-22(27-14-20(18)13-26-21)19-7-16(11-25-12-19)15-28-5-3-24-4-6-28/h7-9,11-14,17,24H,1-6,10,15H2. The lowest BCUT2D eigenvalue weighted by Gasteiger charge is -2.27. The Morgan fingerprint density at radius 3 is 2.66 bits per heavy atom. The highest BCUT2D eigenvalue weighted by Crippen LogP contribution is 2.31. The summed E-state index contributed by atoms with van der Waals surface area (Å²) in [6.07, 6.45) is 10.00. The van der Waals surface area contributed by atoms with E-state index >= 15 is 0 Å². The summed E-state index contributed by atoms with van der Waals surface area (Å²) in [5.74, 6) is 0.584. The highest BCUT2D eigenvalue weighted by Gasteiger charge is 2.29. The average Bonchev–Trinajstić information content (AvgIpc) is 3.60. The molecule has 1 saturated heterocycles. The Morgan fingerprint density at radius 2 is 1.83 bits per heavy atom. The lowest BCUT2D eigenvalue weighted by molar-refractivity contribution is -0.119. The number of Topliss-reactive ketones (excluding diaryl/α,β-unsaturated/α-hetero) is 1. The molecule has 6 heteroatoms. The molecular formula is C23H25N5O. The molecule has 4 heterocycles. The number of rotatable bonds is 6. The van der Waals surface area contributed by atoms with Gasteiger partial charge in [-0.05, 0) is 42.0 Å². The Balaban J connectivity index is 1.38. The first-order chi connectivity index (χ1) is 14.2. The first-order valence-electron chi connectivity index (χ1n) is 10.4. The number of carbonyl (C=O) groups is 1. The zero-order chi connectivity index (χ0) is 19.6. The summed E-state index contributed by atoms with van der Waals surface area (Å²) in [7, 11) is 0. The lowest BCUT2D eigenvalue weighted by Crippen LogP contribution is -2.42. The van der Waals surface area contributed by atoms with Crippen LogP contribution in [0.4, 0.5) is 0 Å². The molecule has 0 radical (unpaired) electrons. The van der Waals surface area contributed by atoms with Gasteiger partial charge in [-0.15, -0.1) is 0 Å². The smallest absolute Gasteiger partial charge is 0.141 e. The number of hydrogen-bond donors (Lipinski definition) is 1. The van der Waals surface area contributed by atoms with E-state index < -0.39 is 0 Å². The molecule has 0 amide bonds. The molecule has 2 aliphatic rings. The summed E-state index contributed by atoms with van der Waals surface area (Å²) in [5.41, 5.74) is 3.97. The van der Waals surface area contributed by atoms with Gasteiger partial charge in [0.25, 0.3) is 0 Å². The van der Waals surface area contributed by atoms with Gasteiger partial charge in [0.2, 0.25) is 0 Å². The molecule has 1 saturated carbocycles. The summed E-state index contributed by atoms with van der Waals surface area (Å²) >= 11 is 0. The van der Waals surface area contributed by atoms with Crippen LogP contribution >= 0.6 is 0 Å². The largest absolute Gasteiger partial charge is 0.314 e. The van der Waals surface area contributed by atoms with Crippen molar-refractivity contribution >= 4 is 16.6 Å². The van der Waals surface area contributed by atoms with Gasteiger partial charge < -0.3 is 5.32 Å². The van der Waals surface area contributed by atoms with Gasteiger partial charge in [-0.2, -0.15) is 0 Å². The predicted molar refractivity (Wildman–Crippen MR) is 112 cm³/mol. The summed E-state index contributed by atoms with van der Waals surface area (Å²) in [4.78, 5) is 28.1. The molecule has 1 N–H and O–H groups in total. The van der Waals surface area contributed by atoms with Crippen LogP contribution in [0.1, 0.15) is 24.1 Å². The number of fused-ring (bicyclic) bond motifs is 1. The van der Waals surface area contributed by atoms with Gasteiger partial charge in [-0.25, -0.2) is 0 Å². The maximum atomic E-state index is 12.1. The van der Waals surface area contributed by atoms with Gasteiger partial charge in [-0.1, -0.05) is 0 Å². The summed E-state index contributed by atoms with van der Waals surface area (Å²) in [5, 5.41) is 5.44. The minimum atomic E-state index is 0.269. The van der Waals surface area contributed by atoms with E-state index in [0.717, 1.165) is 73.3 Å². The third-order valence-corrected chi connectivity index (χ3v) is 5.75. The molecule has 2 fully saturated rings. The highest BCUT2D eigenvalue weighted by atomic mass is 16.1. The van der Waals surface area contributed by atoms with E-state index in [1.54, 1.807) is 0 Å². The molecule has 148 valence electrons. The molecule has 29 heavy (non-hydrogen) atoms. The molecule has 6 nitrogen and oxygen atoms in total. The number of aromatic nitrogens is 3. The fourth-order valence-corrected chi connectivity index (χ4v) is 3.91. The molecule has 0 bridgehead atoms. The Labute approximate surface area is 170 Å². The van der Waals surface area contributed by atoms with Crippen LogP contribution in [0.15, 0.2) is 43.0 Å². The molecule has 1 aliphatic carbocycles. The van der Waals surface area contributed by atoms with Crippen LogP contribution in [0.25, 0.3) is 22.0 Å². The van der Waals surface area contributed by atoms with Crippen molar-refractivity contribution in [2.75, 3.05) is 26.2 Å². The molecular weight excluding hydrogens is 362 g/mol. The van der Waals surface area contributed by atoms with Crippen LogP contribution in [0.3, 0.4) is 0 Å². The van der Waals surface area contributed by atoms with Crippen LogP contribution in [-0.2, 0) is 17.8 Å². The van der Waals surface area contributed by atoms with Crippen LogP contribution in [0, 0.1) is 5.92 Å². The second-order valence-corrected chi connectivity index (χ2v) is 8.12. The molecule has 0 spiro atoms. The van der Waals surface area contributed by atoms with Crippen molar-refractivity contribution in [3.63, 3.8) is 0 Å². The zero-order valence-corrected chi connectivity index (χ0v) is 16.5. The van der Waals surface area contributed by atoms with Crippen LogP contribution in [0.5, 0.6) is 0 Å². The second kappa shape index (κ2) is 7.97. The van der Waals surface area contributed by atoms with E-state index in [-0.39, 0.29) is 5.92 Å². The van der Waals surface area contributed by atoms with Crippen molar-refractivity contribution in [1.82, 2.24) is 25.2 Å². The Morgan fingerprint density at radius 1 is 1.00 bits per heavy atom. The van der Waals surface area contributed by atoms with Gasteiger partial charge in [0.05, 0.1) is 5.69 Å². The van der Waals surface area contributed by atoms with E-state index in [1.165, 1.54) is 5.56 Å². The number of nitrogens with zero attached hydrogens (tertiary/aromatic N) is 4. The van der Waals surface area contributed by atoms with Crippen LogP contribution < -0.4 is 5.32 Å². The van der Waals surface area contributed by atoms with Crippen molar-refractivity contribution in [2.24, 2.45) is 5.92 Å². The van der Waals surface area contributed by atoms with E-state index in [2.05, 4.69) is 37.3 Å². The molecule has 0 unspecified atom stereocenters. The first kappa shape index (κ1) is 18.3. The minimum Gasteiger partial charge on any atom is -0.314 e. The highest BCUT2D eigenvalue weighted by molar-refractivity contribution is 5.88. The van der Waals surface area contributed by atoms with E-state index in [9.17, 15) is 4.79 Å². The third kappa shape index (κ3) is 4.33. The number of pyridine rings is 3. The Hall–Kier alpha value is -2.70. The predicted octanol–water partition coefficient (Wildman–Crippen LogP) is 2.62. The first-order valence-corrected chi connectivity index (χ1v) is 10.4. The topological polar surface area (TPSA) is 71.0 Å². The van der Waals surface area contributed by atoms with Crippen molar-refractivity contribution in [2.45, 2.75) is 25.8 Å². The monoisotopic (exact) mass is 387 g/mol. The van der Waals surface area contributed by atoms with Gasteiger partial charge in [-0.3, -0.25) is 24.6 Å². The van der Waals surface area contributed by atoms with Crippen molar-refractivity contribution < 1.29 is 4.79 Å². The van der Waals surface area contributed by atoms with Gasteiger partial charge in [0, 0.05) is 86.5 Å². The molecule has 0 atom stereocenters. The van der Waals surface area contributed by atoms with Crippen molar-refractivity contribution in [3.8, 4) is 11.3 Å². The quantitative estimate of drug-likeness (QED) is 0.701. The van der Waals surface area contributed by atoms with E-state index in [4.69, 9.17) is 0 Å². The van der Waals surface area contributed by atoms with E-state index in [0.29, 0.717) is 12.2 Å². The number of nitrogens with one attached hydrogen (secondary N) is 1. The molecule has 5 rings (SSSR count). The Kier molecular flexibility index (Phi) is 5.04. The molecule has 3 aromatic rings. The summed E-state index contributed by atoms with van der Waals surface area (Å²) < 4.78 is 0. The fraction of sp³-hybridized carbons (Fsp3) is 0.391. The van der Waals surface area contributed by atoms with Gasteiger partial charge in [0.15, 0.2) is 0 Å². The van der Waals surface area contributed by atoms with Crippen molar-refractivity contribution in [3.05, 3.63) is 54.2 Å². The number of carbonyl (C=O) groups excluding carboxylic acids is 1. The lowest BCUT2D eigenvalue weighted by atomic mass is 10.1. The third-order valence-electron chi connectivity index (χ3n) is 5.75. The molecule has 0 aromatic carbocycles.